The van der Waals surface area contributed by atoms with Gasteiger partial charge in [0.15, 0.2) is 5.16 Å². The van der Waals surface area contributed by atoms with Crippen LogP contribution in [-0.4, -0.2) is 44.8 Å². The molecule has 2 rings (SSSR count). The molecule has 7 heteroatoms. The average molecular weight is 299 g/mol. The predicted molar refractivity (Wildman–Crippen MR) is 75.9 cm³/mol. The Morgan fingerprint density at radius 2 is 2.30 bits per heavy atom. The van der Waals surface area contributed by atoms with Gasteiger partial charge in [-0.3, -0.25) is 4.79 Å². The predicted octanol–water partition coefficient (Wildman–Crippen LogP) is 1.83. The maximum atomic E-state index is 10.7. The second-order valence-electron chi connectivity index (χ2n) is 5.00. The summed E-state index contributed by atoms with van der Waals surface area (Å²) in [5.41, 5.74) is 0. The summed E-state index contributed by atoms with van der Waals surface area (Å²) in [4.78, 5) is 10.7. The van der Waals surface area contributed by atoms with Gasteiger partial charge in [0.1, 0.15) is 5.82 Å². The zero-order valence-corrected chi connectivity index (χ0v) is 12.6. The van der Waals surface area contributed by atoms with E-state index in [-0.39, 0.29) is 5.75 Å². The summed E-state index contributed by atoms with van der Waals surface area (Å²) in [6, 6.07) is 0. The molecule has 1 aromatic rings. The van der Waals surface area contributed by atoms with Crippen molar-refractivity contribution in [1.82, 2.24) is 14.8 Å². The quantitative estimate of drug-likeness (QED) is 0.524. The van der Waals surface area contributed by atoms with Crippen LogP contribution in [0.15, 0.2) is 5.16 Å². The van der Waals surface area contributed by atoms with Gasteiger partial charge in [0.25, 0.3) is 0 Å². The number of hydrogen-bond donors (Lipinski definition) is 1. The van der Waals surface area contributed by atoms with Crippen LogP contribution in [0.2, 0.25) is 0 Å². The fourth-order valence-corrected chi connectivity index (χ4v) is 2.58. The SMILES string of the molecule is CCCc1nnc(SCC(=O)O)n1CCOCC1CC1. The summed E-state index contributed by atoms with van der Waals surface area (Å²) in [6.07, 6.45) is 4.41. The highest BCUT2D eigenvalue weighted by Gasteiger charge is 2.21. The van der Waals surface area contributed by atoms with E-state index in [1.54, 1.807) is 0 Å². The van der Waals surface area contributed by atoms with Crippen LogP contribution in [0.25, 0.3) is 0 Å². The molecule has 0 bridgehead atoms. The van der Waals surface area contributed by atoms with E-state index in [4.69, 9.17) is 9.84 Å². The number of rotatable bonds is 10. The second-order valence-corrected chi connectivity index (χ2v) is 5.94. The Morgan fingerprint density at radius 3 is 2.95 bits per heavy atom. The summed E-state index contributed by atoms with van der Waals surface area (Å²) in [5.74, 6) is 0.835. The molecule has 0 spiro atoms. The molecular weight excluding hydrogens is 278 g/mol. The van der Waals surface area contributed by atoms with Crippen molar-refractivity contribution >= 4 is 17.7 Å². The molecule has 0 aromatic carbocycles. The number of thioether (sulfide) groups is 1. The molecule has 1 heterocycles. The van der Waals surface area contributed by atoms with E-state index in [1.165, 1.54) is 24.6 Å². The maximum absolute atomic E-state index is 10.7. The van der Waals surface area contributed by atoms with Crippen molar-refractivity contribution in [2.24, 2.45) is 5.92 Å². The second kappa shape index (κ2) is 7.64. The largest absolute Gasteiger partial charge is 0.481 e. The van der Waals surface area contributed by atoms with E-state index < -0.39 is 5.97 Å². The first-order chi connectivity index (χ1) is 9.70. The van der Waals surface area contributed by atoms with E-state index in [0.29, 0.717) is 18.3 Å². The molecule has 0 unspecified atom stereocenters. The van der Waals surface area contributed by atoms with Gasteiger partial charge in [0, 0.05) is 19.6 Å². The van der Waals surface area contributed by atoms with Gasteiger partial charge in [0.05, 0.1) is 12.4 Å². The lowest BCUT2D eigenvalue weighted by molar-refractivity contribution is -0.133. The smallest absolute Gasteiger partial charge is 0.313 e. The molecule has 0 atom stereocenters. The van der Waals surface area contributed by atoms with Gasteiger partial charge < -0.3 is 14.4 Å². The molecular formula is C13H21N3O3S. The fourth-order valence-electron chi connectivity index (χ4n) is 1.88. The zero-order chi connectivity index (χ0) is 14.4. The number of aliphatic carboxylic acids is 1. The molecule has 0 saturated heterocycles. The summed E-state index contributed by atoms with van der Waals surface area (Å²) in [6.45, 7) is 4.25. The molecule has 6 nitrogen and oxygen atoms in total. The Kier molecular flexibility index (Phi) is 5.85. The molecule has 1 saturated carbocycles. The number of ether oxygens (including phenoxy) is 1. The molecule has 1 aliphatic rings. The zero-order valence-electron chi connectivity index (χ0n) is 11.7. The van der Waals surface area contributed by atoms with Crippen molar-refractivity contribution in [1.29, 1.82) is 0 Å². The van der Waals surface area contributed by atoms with Gasteiger partial charge in [-0.1, -0.05) is 18.7 Å². The van der Waals surface area contributed by atoms with Gasteiger partial charge in [0.2, 0.25) is 0 Å². The first-order valence-electron chi connectivity index (χ1n) is 7.05. The van der Waals surface area contributed by atoms with Crippen LogP contribution < -0.4 is 0 Å². The normalized spacial score (nSPS) is 14.7. The third kappa shape index (κ3) is 4.79. The number of aromatic nitrogens is 3. The van der Waals surface area contributed by atoms with E-state index in [2.05, 4.69) is 17.1 Å². The lowest BCUT2D eigenvalue weighted by Crippen LogP contribution is -2.12. The van der Waals surface area contributed by atoms with Crippen molar-refractivity contribution in [2.45, 2.75) is 44.3 Å². The van der Waals surface area contributed by atoms with Crippen LogP contribution >= 0.6 is 11.8 Å². The number of aryl methyl sites for hydroxylation is 1. The van der Waals surface area contributed by atoms with E-state index >= 15 is 0 Å². The summed E-state index contributed by atoms with van der Waals surface area (Å²) in [7, 11) is 0. The molecule has 112 valence electrons. The van der Waals surface area contributed by atoms with Crippen LogP contribution in [0, 0.1) is 5.92 Å². The molecule has 0 radical (unpaired) electrons. The highest BCUT2D eigenvalue weighted by atomic mass is 32.2. The molecule has 1 N–H and O–H groups in total. The van der Waals surface area contributed by atoms with E-state index in [0.717, 1.165) is 31.2 Å². The molecule has 1 fully saturated rings. The van der Waals surface area contributed by atoms with Crippen LogP contribution in [0.4, 0.5) is 0 Å². The van der Waals surface area contributed by atoms with Crippen molar-refractivity contribution < 1.29 is 14.6 Å². The first kappa shape index (κ1) is 15.3. The van der Waals surface area contributed by atoms with Gasteiger partial charge >= 0.3 is 5.97 Å². The topological polar surface area (TPSA) is 77.2 Å². The third-order valence-corrected chi connectivity index (χ3v) is 4.05. The minimum Gasteiger partial charge on any atom is -0.481 e. The van der Waals surface area contributed by atoms with Crippen molar-refractivity contribution in [3.63, 3.8) is 0 Å². The van der Waals surface area contributed by atoms with E-state index in [1.807, 2.05) is 4.57 Å². The first-order valence-corrected chi connectivity index (χ1v) is 8.03. The number of nitrogens with zero attached hydrogens (tertiary/aromatic N) is 3. The number of carboxylic acids is 1. The molecule has 0 amide bonds. The fraction of sp³-hybridized carbons (Fsp3) is 0.769. The van der Waals surface area contributed by atoms with Gasteiger partial charge in [-0.25, -0.2) is 0 Å². The molecule has 1 aliphatic carbocycles. The third-order valence-electron chi connectivity index (χ3n) is 3.10. The Morgan fingerprint density at radius 1 is 1.50 bits per heavy atom. The lowest BCUT2D eigenvalue weighted by atomic mass is 10.3. The minimum absolute atomic E-state index is 0.00713. The number of carbonyl (C=O) groups is 1. The van der Waals surface area contributed by atoms with E-state index in [9.17, 15) is 4.79 Å². The molecule has 20 heavy (non-hydrogen) atoms. The maximum Gasteiger partial charge on any atom is 0.313 e. The van der Waals surface area contributed by atoms with Gasteiger partial charge in [-0.15, -0.1) is 10.2 Å². The Labute approximate surface area is 122 Å². The Hall–Kier alpha value is -1.08. The number of hydrogen-bond acceptors (Lipinski definition) is 5. The van der Waals surface area contributed by atoms with Gasteiger partial charge in [-0.05, 0) is 25.2 Å². The molecule has 1 aromatic heterocycles. The Balaban J connectivity index is 1.89. The molecule has 0 aliphatic heterocycles. The summed E-state index contributed by atoms with van der Waals surface area (Å²) >= 11 is 1.21. The Bertz CT molecular complexity index is 446. The van der Waals surface area contributed by atoms with Crippen LogP contribution in [-0.2, 0) is 22.5 Å². The van der Waals surface area contributed by atoms with Gasteiger partial charge in [-0.2, -0.15) is 0 Å². The standard InChI is InChI=1S/C13H21N3O3S/c1-2-3-11-14-15-13(20-9-12(17)18)16(11)6-7-19-8-10-4-5-10/h10H,2-9H2,1H3,(H,17,18). The average Bonchev–Trinajstić information content (AvgIpc) is 3.16. The van der Waals surface area contributed by atoms with Crippen LogP contribution in [0.1, 0.15) is 32.0 Å². The van der Waals surface area contributed by atoms with Crippen molar-refractivity contribution in [3.8, 4) is 0 Å². The van der Waals surface area contributed by atoms with Crippen molar-refractivity contribution in [3.05, 3.63) is 5.82 Å². The summed E-state index contributed by atoms with van der Waals surface area (Å²) in [5, 5.41) is 17.7. The van der Waals surface area contributed by atoms with Crippen molar-refractivity contribution in [2.75, 3.05) is 19.0 Å². The highest BCUT2D eigenvalue weighted by molar-refractivity contribution is 7.99. The minimum atomic E-state index is -0.841. The highest BCUT2D eigenvalue weighted by Crippen LogP contribution is 2.28. The summed E-state index contributed by atoms with van der Waals surface area (Å²) < 4.78 is 7.63. The van der Waals surface area contributed by atoms with Crippen LogP contribution in [0.5, 0.6) is 0 Å². The monoisotopic (exact) mass is 299 g/mol. The lowest BCUT2D eigenvalue weighted by Gasteiger charge is -2.09. The van der Waals surface area contributed by atoms with Crippen LogP contribution in [0.3, 0.4) is 0 Å². The number of carboxylic acid groups (broad SMARTS) is 1.